The van der Waals surface area contributed by atoms with Gasteiger partial charge in [-0.3, -0.25) is 0 Å². The Morgan fingerprint density at radius 1 is 1.16 bits per heavy atom. The van der Waals surface area contributed by atoms with Crippen molar-refractivity contribution in [3.63, 3.8) is 0 Å². The molecule has 7 heteroatoms. The average Bonchev–Trinajstić information content (AvgIpc) is 3.28. The van der Waals surface area contributed by atoms with Gasteiger partial charge in [-0.15, -0.1) is 11.3 Å². The molecule has 1 atom stereocenters. The molecule has 0 aliphatic carbocycles. The van der Waals surface area contributed by atoms with E-state index in [2.05, 4.69) is 57.5 Å². The third-order valence-corrected chi connectivity index (χ3v) is 4.86. The summed E-state index contributed by atoms with van der Waals surface area (Å²) in [5.74, 6) is 0. The first kappa shape index (κ1) is 18.0. The van der Waals surface area contributed by atoms with Crippen LogP contribution < -0.4 is 5.32 Å². The maximum Gasteiger partial charge on any atom is 0.217 e. The molecule has 3 rings (SSSR count). The molecule has 1 aliphatic heterocycles. The smallest absolute Gasteiger partial charge is 0.217 e. The first-order valence-electron chi connectivity index (χ1n) is 8.49. The lowest BCUT2D eigenvalue weighted by Gasteiger charge is -2.19. The van der Waals surface area contributed by atoms with Crippen LogP contribution in [-0.2, 0) is 9.47 Å². The van der Waals surface area contributed by atoms with Gasteiger partial charge in [0.05, 0.1) is 10.6 Å². The van der Waals surface area contributed by atoms with Crippen molar-refractivity contribution in [1.29, 1.82) is 0 Å². The molecule has 0 bridgehead atoms. The van der Waals surface area contributed by atoms with Crippen LogP contribution in [0.3, 0.4) is 0 Å². The van der Waals surface area contributed by atoms with Gasteiger partial charge in [-0.25, -0.2) is 5.32 Å². The number of azo groups is 1. The molecule has 0 amide bonds. The molecule has 0 saturated heterocycles. The fourth-order valence-corrected chi connectivity index (χ4v) is 3.69. The Labute approximate surface area is 152 Å². The van der Waals surface area contributed by atoms with Gasteiger partial charge in [-0.05, 0) is 57.4 Å². The van der Waals surface area contributed by atoms with E-state index >= 15 is 0 Å². The Morgan fingerprint density at radius 2 is 1.84 bits per heavy atom. The summed E-state index contributed by atoms with van der Waals surface area (Å²) < 4.78 is 13.3. The highest BCUT2D eigenvalue weighted by molar-refractivity contribution is 7.11. The predicted molar refractivity (Wildman–Crippen MR) is 99.9 cm³/mol. The molecule has 1 unspecified atom stereocenters. The highest BCUT2D eigenvalue weighted by Gasteiger charge is 2.22. The van der Waals surface area contributed by atoms with Gasteiger partial charge in [0.15, 0.2) is 0 Å². The van der Waals surface area contributed by atoms with Crippen LogP contribution in [0.1, 0.15) is 30.1 Å². The number of hydrogen-bond donors (Lipinski definition) is 1. The first-order chi connectivity index (χ1) is 12.1. The average molecular weight is 360 g/mol. The predicted octanol–water partition coefficient (Wildman–Crippen LogP) is 4.23. The Hall–Kier alpha value is -1.80. The highest BCUT2D eigenvalue weighted by Crippen LogP contribution is 2.34. The first-order valence-corrected chi connectivity index (χ1v) is 9.37. The zero-order valence-corrected chi connectivity index (χ0v) is 15.8. The number of ether oxygens (including phenoxy) is 2. The molecular formula is C18H24N4O2S. The van der Waals surface area contributed by atoms with Crippen molar-refractivity contribution in [3.8, 4) is 5.69 Å². The topological polar surface area (TPSA) is 60.1 Å². The minimum Gasteiger partial charge on any atom is -0.340 e. The van der Waals surface area contributed by atoms with Gasteiger partial charge in [-0.2, -0.15) is 10.2 Å². The maximum atomic E-state index is 5.52. The van der Waals surface area contributed by atoms with Crippen molar-refractivity contribution in [1.82, 2.24) is 9.88 Å². The number of hydrogen-bond acceptors (Lipinski definition) is 6. The molecule has 1 N–H and O–H groups in total. The molecule has 6 nitrogen and oxygen atoms in total. The van der Waals surface area contributed by atoms with E-state index < -0.39 is 6.41 Å². The number of thiophene rings is 1. The van der Waals surface area contributed by atoms with E-state index in [9.17, 15) is 0 Å². The van der Waals surface area contributed by atoms with Crippen LogP contribution in [0.4, 0.5) is 0 Å². The summed E-state index contributed by atoms with van der Waals surface area (Å²) in [6.45, 7) is 9.23. The van der Waals surface area contributed by atoms with Gasteiger partial charge < -0.3 is 14.0 Å². The van der Waals surface area contributed by atoms with Crippen molar-refractivity contribution in [2.75, 3.05) is 13.2 Å². The molecule has 2 aromatic heterocycles. The van der Waals surface area contributed by atoms with Crippen LogP contribution >= 0.6 is 11.3 Å². The molecular weight excluding hydrogens is 336 g/mol. The minimum atomic E-state index is -0.480. The molecule has 0 saturated carbocycles. The van der Waals surface area contributed by atoms with Gasteiger partial charge in [0.25, 0.3) is 0 Å². The Morgan fingerprint density at radius 3 is 2.48 bits per heavy atom. The van der Waals surface area contributed by atoms with Crippen molar-refractivity contribution >= 4 is 17.0 Å². The van der Waals surface area contributed by atoms with Crippen LogP contribution in [0, 0.1) is 13.8 Å². The molecule has 0 fully saturated rings. The molecule has 134 valence electrons. The van der Waals surface area contributed by atoms with E-state index in [4.69, 9.17) is 9.47 Å². The third kappa shape index (κ3) is 3.90. The molecule has 1 aliphatic rings. The SMILES string of the molecule is CCOC(NC1C=C(c2sccc2-n2c(C)ccc2C)N=N1)OCC. The normalized spacial score (nSPS) is 16.8. The Kier molecular flexibility index (Phi) is 5.80. The van der Waals surface area contributed by atoms with E-state index in [-0.39, 0.29) is 6.17 Å². The van der Waals surface area contributed by atoms with Crippen molar-refractivity contribution in [2.24, 2.45) is 10.2 Å². The van der Waals surface area contributed by atoms with Gasteiger partial charge in [0.1, 0.15) is 11.9 Å². The number of rotatable bonds is 8. The number of aryl methyl sites for hydroxylation is 2. The maximum absolute atomic E-state index is 5.52. The van der Waals surface area contributed by atoms with Crippen molar-refractivity contribution in [3.05, 3.63) is 45.9 Å². The van der Waals surface area contributed by atoms with E-state index in [1.165, 1.54) is 11.4 Å². The number of nitrogens with one attached hydrogen (secondary N) is 1. The highest BCUT2D eigenvalue weighted by atomic mass is 32.1. The quantitative estimate of drug-likeness (QED) is 0.717. The monoisotopic (exact) mass is 360 g/mol. The molecule has 0 radical (unpaired) electrons. The molecule has 2 aromatic rings. The fraction of sp³-hybridized carbons (Fsp3) is 0.444. The lowest BCUT2D eigenvalue weighted by Crippen LogP contribution is -2.39. The summed E-state index contributed by atoms with van der Waals surface area (Å²) in [5, 5.41) is 14.0. The second-order valence-electron chi connectivity index (χ2n) is 5.71. The van der Waals surface area contributed by atoms with Gasteiger partial charge in [-0.1, -0.05) is 0 Å². The van der Waals surface area contributed by atoms with Crippen LogP contribution in [0.5, 0.6) is 0 Å². The standard InChI is InChI=1S/C18H24N4O2S/c1-5-23-18(24-6-2)19-16-11-14(20-21-16)17-15(9-10-25-17)22-12(3)7-8-13(22)4/h7-11,16,18-19H,5-6H2,1-4H3. The minimum absolute atomic E-state index is 0.250. The van der Waals surface area contributed by atoms with E-state index in [1.54, 1.807) is 11.3 Å². The van der Waals surface area contributed by atoms with Crippen molar-refractivity contribution < 1.29 is 9.47 Å². The van der Waals surface area contributed by atoms with Crippen LogP contribution in [-0.4, -0.2) is 30.4 Å². The van der Waals surface area contributed by atoms with Crippen LogP contribution in [0.15, 0.2) is 39.9 Å². The second kappa shape index (κ2) is 8.05. The van der Waals surface area contributed by atoms with E-state index in [0.717, 1.165) is 16.3 Å². The molecule has 25 heavy (non-hydrogen) atoms. The van der Waals surface area contributed by atoms with Crippen LogP contribution in [0.2, 0.25) is 0 Å². The summed E-state index contributed by atoms with van der Waals surface area (Å²) in [6, 6.07) is 6.38. The second-order valence-corrected chi connectivity index (χ2v) is 6.62. The van der Waals surface area contributed by atoms with E-state index in [0.29, 0.717) is 13.2 Å². The molecule has 3 heterocycles. The van der Waals surface area contributed by atoms with Crippen LogP contribution in [0.25, 0.3) is 11.4 Å². The fourth-order valence-electron chi connectivity index (χ4n) is 2.85. The Balaban J connectivity index is 1.81. The summed E-state index contributed by atoms with van der Waals surface area (Å²) in [5.41, 5.74) is 4.42. The van der Waals surface area contributed by atoms with E-state index in [1.807, 2.05) is 19.9 Å². The zero-order valence-electron chi connectivity index (χ0n) is 15.0. The summed E-state index contributed by atoms with van der Waals surface area (Å²) >= 11 is 1.67. The molecule has 0 aromatic carbocycles. The third-order valence-electron chi connectivity index (χ3n) is 3.94. The van der Waals surface area contributed by atoms with Gasteiger partial charge >= 0.3 is 0 Å². The summed E-state index contributed by atoms with van der Waals surface area (Å²) in [7, 11) is 0. The van der Waals surface area contributed by atoms with Crippen molar-refractivity contribution in [2.45, 2.75) is 40.3 Å². The van der Waals surface area contributed by atoms with Gasteiger partial charge in [0, 0.05) is 24.6 Å². The number of nitrogens with zero attached hydrogens (tertiary/aromatic N) is 3. The van der Waals surface area contributed by atoms with Gasteiger partial charge in [0.2, 0.25) is 6.41 Å². The zero-order chi connectivity index (χ0) is 17.8. The lowest BCUT2D eigenvalue weighted by molar-refractivity contribution is -0.157. The lowest BCUT2D eigenvalue weighted by atomic mass is 10.2. The summed E-state index contributed by atoms with van der Waals surface area (Å²) in [6.07, 6.45) is 1.28. The Bertz CT molecular complexity index is 752. The largest absolute Gasteiger partial charge is 0.340 e. The molecule has 0 spiro atoms. The summed E-state index contributed by atoms with van der Waals surface area (Å²) in [4.78, 5) is 1.11. The number of aromatic nitrogens is 1.